The van der Waals surface area contributed by atoms with Crippen LogP contribution in [-0.2, 0) is 0 Å². The molecule has 0 aromatic heterocycles. The van der Waals surface area contributed by atoms with Crippen molar-refractivity contribution >= 4 is 11.8 Å². The quantitative estimate of drug-likeness (QED) is 0.654. The lowest BCUT2D eigenvalue weighted by Crippen LogP contribution is -2.27. The van der Waals surface area contributed by atoms with E-state index < -0.39 is 0 Å². The number of rotatable bonds is 7. The van der Waals surface area contributed by atoms with E-state index in [9.17, 15) is 0 Å². The zero-order chi connectivity index (χ0) is 10.2. The Bertz CT molecular complexity index is 138. The van der Waals surface area contributed by atoms with E-state index in [0.29, 0.717) is 0 Å². The first-order chi connectivity index (χ1) is 6.83. The molecule has 2 unspecified atom stereocenters. The molecule has 1 rings (SSSR count). The molecule has 1 aliphatic carbocycles. The molecule has 2 heteroatoms. The van der Waals surface area contributed by atoms with E-state index in [2.05, 4.69) is 18.5 Å². The lowest BCUT2D eigenvalue weighted by molar-refractivity contribution is 0.490. The number of thioether (sulfide) groups is 1. The van der Waals surface area contributed by atoms with Gasteiger partial charge in [0.2, 0.25) is 0 Å². The van der Waals surface area contributed by atoms with Gasteiger partial charge in [0.05, 0.1) is 0 Å². The van der Waals surface area contributed by atoms with Gasteiger partial charge in [-0.05, 0) is 56.6 Å². The van der Waals surface area contributed by atoms with E-state index in [1.807, 2.05) is 11.8 Å². The molecule has 0 heterocycles. The Morgan fingerprint density at radius 2 is 2.07 bits per heavy atom. The van der Waals surface area contributed by atoms with Crippen molar-refractivity contribution in [1.29, 1.82) is 0 Å². The van der Waals surface area contributed by atoms with Crippen molar-refractivity contribution in [3.05, 3.63) is 0 Å². The summed E-state index contributed by atoms with van der Waals surface area (Å²) in [5.74, 6) is 2.30. The number of hydrogen-bond acceptors (Lipinski definition) is 2. The minimum atomic E-state index is 0.838. The molecule has 2 atom stereocenters. The third kappa shape index (κ3) is 5.26. The van der Waals surface area contributed by atoms with Crippen LogP contribution in [0.25, 0.3) is 0 Å². The van der Waals surface area contributed by atoms with Gasteiger partial charge in [-0.3, -0.25) is 0 Å². The maximum absolute atomic E-state index is 3.68. The molecule has 0 spiro atoms. The second-order valence-electron chi connectivity index (χ2n) is 4.62. The molecule has 0 saturated heterocycles. The molecule has 0 aromatic rings. The molecule has 0 radical (unpaired) electrons. The molecule has 84 valence electrons. The molecular weight excluding hydrogens is 190 g/mol. The second-order valence-corrected chi connectivity index (χ2v) is 5.61. The molecule has 1 N–H and O–H groups in total. The Morgan fingerprint density at radius 3 is 2.71 bits per heavy atom. The molecule has 1 aliphatic rings. The summed E-state index contributed by atoms with van der Waals surface area (Å²) >= 11 is 1.96. The normalized spacial score (nSPS) is 27.0. The van der Waals surface area contributed by atoms with Crippen molar-refractivity contribution < 1.29 is 0 Å². The topological polar surface area (TPSA) is 12.0 Å². The lowest BCUT2D eigenvalue weighted by atomic mass is 10.1. The van der Waals surface area contributed by atoms with Crippen molar-refractivity contribution in [3.8, 4) is 0 Å². The van der Waals surface area contributed by atoms with E-state index in [4.69, 9.17) is 0 Å². The summed E-state index contributed by atoms with van der Waals surface area (Å²) < 4.78 is 0. The first-order valence-electron chi connectivity index (χ1n) is 6.05. The third-order valence-electron chi connectivity index (χ3n) is 3.15. The van der Waals surface area contributed by atoms with Gasteiger partial charge in [-0.15, -0.1) is 0 Å². The van der Waals surface area contributed by atoms with Crippen LogP contribution in [-0.4, -0.2) is 24.6 Å². The number of unbranched alkanes of at least 4 members (excludes halogenated alkanes) is 2. The van der Waals surface area contributed by atoms with Crippen LogP contribution in [0.15, 0.2) is 0 Å². The predicted octanol–water partition coefficient (Wildman–Crippen LogP) is 3.30. The highest BCUT2D eigenvalue weighted by molar-refractivity contribution is 7.98. The standard InChI is InChI=1S/C12H25NS/c1-11-6-7-12(10-11)13-8-4-3-5-9-14-2/h11-13H,3-10H2,1-2H3. The SMILES string of the molecule is CSCCCCCNC1CCC(C)C1. The Morgan fingerprint density at radius 1 is 1.21 bits per heavy atom. The van der Waals surface area contributed by atoms with Gasteiger partial charge in [0, 0.05) is 6.04 Å². The van der Waals surface area contributed by atoms with Crippen LogP contribution in [0.3, 0.4) is 0 Å². The largest absolute Gasteiger partial charge is 0.314 e. The van der Waals surface area contributed by atoms with Gasteiger partial charge >= 0.3 is 0 Å². The summed E-state index contributed by atoms with van der Waals surface area (Å²) in [5, 5.41) is 3.68. The molecule has 1 fully saturated rings. The second kappa shape index (κ2) is 7.58. The zero-order valence-corrected chi connectivity index (χ0v) is 10.5. The van der Waals surface area contributed by atoms with Crippen molar-refractivity contribution in [3.63, 3.8) is 0 Å². The van der Waals surface area contributed by atoms with Crippen LogP contribution >= 0.6 is 11.8 Å². The van der Waals surface area contributed by atoms with Gasteiger partial charge in [-0.1, -0.05) is 13.3 Å². The van der Waals surface area contributed by atoms with Crippen LogP contribution in [0.5, 0.6) is 0 Å². The van der Waals surface area contributed by atoms with E-state index in [-0.39, 0.29) is 0 Å². The highest BCUT2D eigenvalue weighted by Gasteiger charge is 2.19. The Hall–Kier alpha value is 0.310. The highest BCUT2D eigenvalue weighted by Crippen LogP contribution is 2.24. The highest BCUT2D eigenvalue weighted by atomic mass is 32.2. The maximum atomic E-state index is 3.68. The number of nitrogens with one attached hydrogen (secondary N) is 1. The maximum Gasteiger partial charge on any atom is 0.00696 e. The van der Waals surface area contributed by atoms with Crippen LogP contribution in [0, 0.1) is 5.92 Å². The summed E-state index contributed by atoms with van der Waals surface area (Å²) in [6.45, 7) is 3.62. The minimum Gasteiger partial charge on any atom is -0.314 e. The lowest BCUT2D eigenvalue weighted by Gasteiger charge is -2.11. The molecule has 0 bridgehead atoms. The van der Waals surface area contributed by atoms with Crippen molar-refractivity contribution in [2.75, 3.05) is 18.6 Å². The van der Waals surface area contributed by atoms with Crippen molar-refractivity contribution in [2.24, 2.45) is 5.92 Å². The van der Waals surface area contributed by atoms with Gasteiger partial charge < -0.3 is 5.32 Å². The average Bonchev–Trinajstić information content (AvgIpc) is 2.58. The van der Waals surface area contributed by atoms with Crippen molar-refractivity contribution in [1.82, 2.24) is 5.32 Å². The van der Waals surface area contributed by atoms with Crippen LogP contribution in [0.2, 0.25) is 0 Å². The fourth-order valence-electron chi connectivity index (χ4n) is 2.25. The Kier molecular flexibility index (Phi) is 6.70. The monoisotopic (exact) mass is 215 g/mol. The molecule has 1 nitrogen and oxygen atoms in total. The van der Waals surface area contributed by atoms with E-state index >= 15 is 0 Å². The molecule has 14 heavy (non-hydrogen) atoms. The summed E-state index contributed by atoms with van der Waals surface area (Å²) in [6.07, 6.45) is 10.6. The van der Waals surface area contributed by atoms with Gasteiger partial charge in [0.25, 0.3) is 0 Å². The first kappa shape index (κ1) is 12.4. The molecule has 1 saturated carbocycles. The van der Waals surface area contributed by atoms with E-state index in [0.717, 1.165) is 12.0 Å². The molecule has 0 amide bonds. The summed E-state index contributed by atoms with van der Waals surface area (Å²) in [6, 6.07) is 0.838. The molecule has 0 aliphatic heterocycles. The van der Waals surface area contributed by atoms with E-state index in [1.54, 1.807) is 0 Å². The fourth-order valence-corrected chi connectivity index (χ4v) is 2.74. The first-order valence-corrected chi connectivity index (χ1v) is 7.44. The Labute approximate surface area is 93.4 Å². The van der Waals surface area contributed by atoms with Crippen LogP contribution < -0.4 is 5.32 Å². The summed E-state index contributed by atoms with van der Waals surface area (Å²) in [7, 11) is 0. The minimum absolute atomic E-state index is 0.838. The smallest absolute Gasteiger partial charge is 0.00696 e. The van der Waals surface area contributed by atoms with Gasteiger partial charge in [0.15, 0.2) is 0 Å². The molecular formula is C12H25NS. The van der Waals surface area contributed by atoms with Crippen LogP contribution in [0.4, 0.5) is 0 Å². The van der Waals surface area contributed by atoms with Gasteiger partial charge in [-0.25, -0.2) is 0 Å². The predicted molar refractivity (Wildman–Crippen MR) is 67.0 cm³/mol. The van der Waals surface area contributed by atoms with Crippen molar-refractivity contribution in [2.45, 2.75) is 51.5 Å². The van der Waals surface area contributed by atoms with Gasteiger partial charge in [-0.2, -0.15) is 11.8 Å². The zero-order valence-electron chi connectivity index (χ0n) is 9.72. The molecule has 0 aromatic carbocycles. The summed E-state index contributed by atoms with van der Waals surface area (Å²) in [4.78, 5) is 0. The summed E-state index contributed by atoms with van der Waals surface area (Å²) in [5.41, 5.74) is 0. The Balaban J connectivity index is 1.84. The van der Waals surface area contributed by atoms with Crippen LogP contribution in [0.1, 0.15) is 45.4 Å². The average molecular weight is 215 g/mol. The fraction of sp³-hybridized carbons (Fsp3) is 1.00. The van der Waals surface area contributed by atoms with E-state index in [1.165, 1.54) is 50.8 Å². The van der Waals surface area contributed by atoms with Gasteiger partial charge in [0.1, 0.15) is 0 Å². The third-order valence-corrected chi connectivity index (χ3v) is 3.85. The number of hydrogen-bond donors (Lipinski definition) is 1.